The van der Waals surface area contributed by atoms with Crippen molar-refractivity contribution in [1.82, 2.24) is 10.0 Å². The molecule has 1 aliphatic carbocycles. The summed E-state index contributed by atoms with van der Waals surface area (Å²) in [6.07, 6.45) is 6.99. The van der Waals surface area contributed by atoms with E-state index >= 15 is 0 Å². The van der Waals surface area contributed by atoms with Crippen LogP contribution in [0.2, 0.25) is 0 Å². The third-order valence-corrected chi connectivity index (χ3v) is 8.86. The van der Waals surface area contributed by atoms with Crippen molar-refractivity contribution in [3.05, 3.63) is 89.5 Å². The van der Waals surface area contributed by atoms with Gasteiger partial charge in [-0.05, 0) is 85.9 Å². The number of aliphatic hydroxyl groups excluding tert-OH is 1. The highest BCUT2D eigenvalue weighted by molar-refractivity contribution is 7.90. The number of benzene rings is 3. The lowest BCUT2D eigenvalue weighted by molar-refractivity contribution is 0.0969. The molecule has 3 N–H and O–H groups in total. The van der Waals surface area contributed by atoms with Crippen LogP contribution in [-0.4, -0.2) is 44.4 Å². The van der Waals surface area contributed by atoms with Gasteiger partial charge in [-0.1, -0.05) is 74.0 Å². The van der Waals surface area contributed by atoms with Crippen LogP contribution >= 0.6 is 12.4 Å². The number of nitrogens with one attached hydrogen (secondary N) is 2. The van der Waals surface area contributed by atoms with Crippen molar-refractivity contribution in [3.63, 3.8) is 0 Å². The molecule has 0 saturated heterocycles. The van der Waals surface area contributed by atoms with E-state index in [4.69, 9.17) is 4.74 Å². The highest BCUT2D eigenvalue weighted by Gasteiger charge is 2.22. The van der Waals surface area contributed by atoms with Crippen LogP contribution < -0.4 is 14.8 Å². The lowest BCUT2D eigenvalue weighted by Gasteiger charge is -2.24. The van der Waals surface area contributed by atoms with Crippen molar-refractivity contribution < 1.29 is 23.1 Å². The van der Waals surface area contributed by atoms with Crippen molar-refractivity contribution in [2.45, 2.75) is 70.5 Å². The molecule has 0 radical (unpaired) electrons. The molecule has 3 aromatic carbocycles. The Hall–Kier alpha value is -2.91. The Bertz CT molecular complexity index is 1360. The van der Waals surface area contributed by atoms with Crippen LogP contribution in [0.4, 0.5) is 0 Å². The number of rotatable bonds is 14. The molecule has 0 unspecified atom stereocenters. The highest BCUT2D eigenvalue weighted by Crippen LogP contribution is 2.31. The van der Waals surface area contributed by atoms with Crippen molar-refractivity contribution in [1.29, 1.82) is 0 Å². The minimum atomic E-state index is -3.70. The molecule has 0 aromatic heterocycles. The number of carbonyl (C=O) groups is 1. The molecule has 0 aliphatic heterocycles. The number of carbonyl (C=O) groups excluding carboxylic acids is 1. The molecule has 0 heterocycles. The molecule has 7 nitrogen and oxygen atoms in total. The van der Waals surface area contributed by atoms with Gasteiger partial charge < -0.3 is 15.2 Å². The summed E-state index contributed by atoms with van der Waals surface area (Å²) >= 11 is 0. The van der Waals surface area contributed by atoms with Crippen LogP contribution in [0.3, 0.4) is 0 Å². The average Bonchev–Trinajstić information content (AvgIpc) is 2.98. The smallest absolute Gasteiger partial charge is 0.268 e. The fourth-order valence-corrected chi connectivity index (χ4v) is 6.21. The zero-order valence-corrected chi connectivity index (χ0v) is 25.9. The normalized spacial score (nSPS) is 14.5. The van der Waals surface area contributed by atoms with Crippen LogP contribution in [0.25, 0.3) is 11.1 Å². The molecular weight excluding hydrogens is 572 g/mol. The van der Waals surface area contributed by atoms with Crippen LogP contribution in [0.5, 0.6) is 5.75 Å². The predicted molar refractivity (Wildman–Crippen MR) is 171 cm³/mol. The highest BCUT2D eigenvalue weighted by atomic mass is 35.5. The fourth-order valence-electron chi connectivity index (χ4n) is 5.18. The third kappa shape index (κ3) is 10.1. The molecule has 42 heavy (non-hydrogen) atoms. The first-order valence-corrected chi connectivity index (χ1v) is 16.4. The molecule has 1 amide bonds. The van der Waals surface area contributed by atoms with Crippen LogP contribution in [0, 0.1) is 0 Å². The van der Waals surface area contributed by atoms with E-state index < -0.39 is 22.0 Å². The molecule has 1 atom stereocenters. The van der Waals surface area contributed by atoms with E-state index in [2.05, 4.69) is 34.3 Å². The van der Waals surface area contributed by atoms with E-state index in [0.29, 0.717) is 18.7 Å². The lowest BCUT2D eigenvalue weighted by atomic mass is 9.97. The van der Waals surface area contributed by atoms with Gasteiger partial charge in [0.05, 0.1) is 23.5 Å². The zero-order valence-electron chi connectivity index (χ0n) is 24.3. The standard InChI is InChI=1S/C33H42N2O5S.ClH/c1-2-22-41(38,39)35-33(37)30-20-19-28(23-32(30)40-29-13-7-4-8-14-29)26-17-15-25(16-18-26)10-9-21-34-24-31(36)27-11-5-3-6-12-27;/h3,5-6,11-12,15-20,23,29,31,34,36H,2,4,7-10,13-14,21-22,24H2,1H3,(H,35,37);1H/t31-;/m1./s1. The second kappa shape index (κ2) is 16.7. The summed E-state index contributed by atoms with van der Waals surface area (Å²) < 4.78 is 33.0. The Morgan fingerprint density at radius 2 is 1.67 bits per heavy atom. The van der Waals surface area contributed by atoms with Crippen molar-refractivity contribution in [2.24, 2.45) is 0 Å². The van der Waals surface area contributed by atoms with Gasteiger partial charge in [-0.2, -0.15) is 0 Å². The van der Waals surface area contributed by atoms with Crippen molar-refractivity contribution >= 4 is 28.3 Å². The van der Waals surface area contributed by atoms with Crippen LogP contribution in [-0.2, 0) is 16.4 Å². The first-order chi connectivity index (χ1) is 19.8. The number of hydrogen-bond acceptors (Lipinski definition) is 6. The average molecular weight is 615 g/mol. The van der Waals surface area contributed by atoms with Crippen molar-refractivity contribution in [2.75, 3.05) is 18.8 Å². The van der Waals surface area contributed by atoms with Gasteiger partial charge in [0, 0.05) is 6.54 Å². The Labute approximate surface area is 256 Å². The topological polar surface area (TPSA) is 105 Å². The molecule has 1 aliphatic rings. The molecular formula is C33H43ClN2O5S. The van der Waals surface area contributed by atoms with Gasteiger partial charge in [-0.25, -0.2) is 13.1 Å². The summed E-state index contributed by atoms with van der Waals surface area (Å²) in [6, 6.07) is 23.3. The SMILES string of the molecule is CCCS(=O)(=O)NC(=O)c1ccc(-c2ccc(CCCNC[C@@H](O)c3ccccc3)cc2)cc1OC1CCCCC1.Cl. The molecule has 1 fully saturated rings. The zero-order chi connectivity index (χ0) is 29.1. The summed E-state index contributed by atoms with van der Waals surface area (Å²) in [5.41, 5.74) is 4.28. The van der Waals surface area contributed by atoms with E-state index in [9.17, 15) is 18.3 Å². The van der Waals surface area contributed by atoms with Crippen LogP contribution in [0.15, 0.2) is 72.8 Å². The number of aliphatic hydroxyl groups is 1. The molecule has 3 aromatic rings. The van der Waals surface area contributed by atoms with Gasteiger partial charge in [0.2, 0.25) is 10.0 Å². The summed E-state index contributed by atoms with van der Waals surface area (Å²) in [7, 11) is -3.70. The van der Waals surface area contributed by atoms with E-state index in [0.717, 1.165) is 61.8 Å². The largest absolute Gasteiger partial charge is 0.490 e. The first-order valence-electron chi connectivity index (χ1n) is 14.7. The molecule has 0 spiro atoms. The Kier molecular flexibility index (Phi) is 13.3. The number of aryl methyl sites for hydroxylation is 1. The van der Waals surface area contributed by atoms with Gasteiger partial charge in [-0.3, -0.25) is 4.79 Å². The summed E-state index contributed by atoms with van der Waals surface area (Å²) in [4.78, 5) is 13.0. The molecule has 1 saturated carbocycles. The summed E-state index contributed by atoms with van der Waals surface area (Å²) in [6.45, 7) is 3.09. The van der Waals surface area contributed by atoms with Gasteiger partial charge in [0.1, 0.15) is 5.75 Å². The lowest BCUT2D eigenvalue weighted by Crippen LogP contribution is -2.33. The van der Waals surface area contributed by atoms with E-state index in [1.165, 1.54) is 12.0 Å². The Balaban J connectivity index is 0.00000484. The maximum Gasteiger partial charge on any atom is 0.268 e. The second-order valence-electron chi connectivity index (χ2n) is 10.8. The quantitative estimate of drug-likeness (QED) is 0.186. The minimum Gasteiger partial charge on any atom is -0.490 e. The van der Waals surface area contributed by atoms with E-state index in [-0.39, 0.29) is 29.8 Å². The number of halogens is 1. The van der Waals surface area contributed by atoms with Gasteiger partial charge in [0.15, 0.2) is 0 Å². The predicted octanol–water partition coefficient (Wildman–Crippen LogP) is 6.21. The number of ether oxygens (including phenoxy) is 1. The van der Waals surface area contributed by atoms with Gasteiger partial charge in [0.25, 0.3) is 5.91 Å². The monoisotopic (exact) mass is 614 g/mol. The Morgan fingerprint density at radius 3 is 2.36 bits per heavy atom. The third-order valence-electron chi connectivity index (χ3n) is 7.42. The van der Waals surface area contributed by atoms with Gasteiger partial charge in [-0.15, -0.1) is 12.4 Å². The van der Waals surface area contributed by atoms with Gasteiger partial charge >= 0.3 is 0 Å². The first kappa shape index (κ1) is 33.6. The number of amides is 1. The molecule has 0 bridgehead atoms. The summed E-state index contributed by atoms with van der Waals surface area (Å²) in [5, 5.41) is 13.6. The molecule has 4 rings (SSSR count). The second-order valence-corrected chi connectivity index (χ2v) is 12.6. The van der Waals surface area contributed by atoms with E-state index in [1.807, 2.05) is 42.5 Å². The van der Waals surface area contributed by atoms with E-state index in [1.54, 1.807) is 13.0 Å². The molecule has 9 heteroatoms. The van der Waals surface area contributed by atoms with Crippen LogP contribution in [0.1, 0.15) is 79.5 Å². The maximum atomic E-state index is 13.0. The maximum absolute atomic E-state index is 13.0. The Morgan fingerprint density at radius 1 is 0.976 bits per heavy atom. The molecule has 228 valence electrons. The minimum absolute atomic E-state index is 0. The number of hydrogen-bond donors (Lipinski definition) is 3. The van der Waals surface area contributed by atoms with Crippen molar-refractivity contribution in [3.8, 4) is 16.9 Å². The number of sulfonamides is 1. The fraction of sp³-hybridized carbons (Fsp3) is 0.424. The summed E-state index contributed by atoms with van der Waals surface area (Å²) in [5.74, 6) is -0.337.